The number of carbonyl (C=O) groups is 2. The first kappa shape index (κ1) is 17.1. The first-order valence-electron chi connectivity index (χ1n) is 8.44. The fraction of sp³-hybridized carbons (Fsp3) is 0.300. The van der Waals surface area contributed by atoms with Gasteiger partial charge in [0.2, 0.25) is 11.8 Å². The van der Waals surface area contributed by atoms with E-state index in [2.05, 4.69) is 5.32 Å². The lowest BCUT2D eigenvalue weighted by molar-refractivity contribution is -0.125. The molecule has 0 fully saturated rings. The van der Waals surface area contributed by atoms with Gasteiger partial charge in [-0.2, -0.15) is 0 Å². The van der Waals surface area contributed by atoms with Crippen LogP contribution in [0.4, 0.5) is 10.1 Å². The summed E-state index contributed by atoms with van der Waals surface area (Å²) in [5.74, 6) is -0.813. The molecule has 0 saturated carbocycles. The molecule has 2 amide bonds. The number of nitrogens with zero attached hydrogens (tertiary/aromatic N) is 1. The second kappa shape index (κ2) is 7.47. The summed E-state index contributed by atoms with van der Waals surface area (Å²) in [6.45, 7) is 0.536. The number of aryl methyl sites for hydroxylation is 1. The molecule has 3 rings (SSSR count). The van der Waals surface area contributed by atoms with Crippen molar-refractivity contribution in [3.05, 3.63) is 65.5 Å². The largest absolute Gasteiger partial charge is 0.356 e. The zero-order valence-corrected chi connectivity index (χ0v) is 14.2. The Balaban J connectivity index is 1.48. The van der Waals surface area contributed by atoms with Crippen molar-refractivity contribution in [3.63, 3.8) is 0 Å². The molecule has 0 saturated heterocycles. The number of likely N-dealkylation sites (N-methyl/N-ethyl adjacent to an activating group) is 1. The molecule has 0 unspecified atom stereocenters. The number of para-hydroxylation sites is 1. The smallest absolute Gasteiger partial charge is 0.234 e. The van der Waals surface area contributed by atoms with Gasteiger partial charge >= 0.3 is 0 Å². The second-order valence-corrected chi connectivity index (χ2v) is 6.29. The number of amides is 2. The molecule has 0 bridgehead atoms. The van der Waals surface area contributed by atoms with E-state index >= 15 is 0 Å². The van der Waals surface area contributed by atoms with E-state index < -0.39 is 5.92 Å². The molecule has 2 aromatic rings. The van der Waals surface area contributed by atoms with E-state index in [1.54, 1.807) is 24.1 Å². The van der Waals surface area contributed by atoms with Crippen LogP contribution in [-0.2, 0) is 16.0 Å². The third-order valence-corrected chi connectivity index (χ3v) is 4.57. The van der Waals surface area contributed by atoms with Crippen LogP contribution in [0.5, 0.6) is 0 Å². The van der Waals surface area contributed by atoms with Gasteiger partial charge in [-0.25, -0.2) is 4.39 Å². The van der Waals surface area contributed by atoms with E-state index in [1.165, 1.54) is 12.1 Å². The lowest BCUT2D eigenvalue weighted by Crippen LogP contribution is -2.30. The van der Waals surface area contributed by atoms with Crippen LogP contribution in [0.15, 0.2) is 48.5 Å². The molecule has 1 aliphatic heterocycles. The normalized spacial score (nSPS) is 16.0. The molecular weight excluding hydrogens is 319 g/mol. The van der Waals surface area contributed by atoms with Crippen molar-refractivity contribution in [2.24, 2.45) is 0 Å². The van der Waals surface area contributed by atoms with E-state index in [0.29, 0.717) is 6.54 Å². The Kier molecular flexibility index (Phi) is 5.12. The minimum Gasteiger partial charge on any atom is -0.356 e. The van der Waals surface area contributed by atoms with Gasteiger partial charge in [-0.3, -0.25) is 9.59 Å². The lowest BCUT2D eigenvalue weighted by Gasteiger charge is -2.11. The predicted molar refractivity (Wildman–Crippen MR) is 94.9 cm³/mol. The van der Waals surface area contributed by atoms with Gasteiger partial charge in [0.15, 0.2) is 0 Å². The van der Waals surface area contributed by atoms with Crippen LogP contribution in [0, 0.1) is 5.82 Å². The first-order chi connectivity index (χ1) is 12.1. The Bertz CT molecular complexity index is 774. The molecule has 1 atom stereocenters. The van der Waals surface area contributed by atoms with Crippen molar-refractivity contribution in [1.29, 1.82) is 0 Å². The van der Waals surface area contributed by atoms with Crippen LogP contribution in [0.1, 0.15) is 29.9 Å². The van der Waals surface area contributed by atoms with Crippen molar-refractivity contribution < 1.29 is 14.0 Å². The van der Waals surface area contributed by atoms with Crippen LogP contribution in [0.25, 0.3) is 0 Å². The van der Waals surface area contributed by atoms with Gasteiger partial charge in [-0.1, -0.05) is 30.3 Å². The van der Waals surface area contributed by atoms with Gasteiger partial charge in [0.05, 0.1) is 5.92 Å². The summed E-state index contributed by atoms with van der Waals surface area (Å²) in [5, 5.41) is 2.87. The zero-order chi connectivity index (χ0) is 17.8. The maximum atomic E-state index is 12.9. The van der Waals surface area contributed by atoms with Gasteiger partial charge < -0.3 is 10.2 Å². The number of carbonyl (C=O) groups excluding carboxylic acids is 2. The minimum atomic E-state index is -0.404. The third-order valence-electron chi connectivity index (χ3n) is 4.57. The Morgan fingerprint density at radius 2 is 1.88 bits per heavy atom. The number of anilines is 1. The third kappa shape index (κ3) is 3.87. The molecule has 25 heavy (non-hydrogen) atoms. The highest BCUT2D eigenvalue weighted by Crippen LogP contribution is 2.37. The maximum absolute atomic E-state index is 12.9. The van der Waals surface area contributed by atoms with Gasteiger partial charge in [0, 0.05) is 25.7 Å². The summed E-state index contributed by atoms with van der Waals surface area (Å²) in [7, 11) is 1.74. The number of fused-ring (bicyclic) bond motifs is 1. The van der Waals surface area contributed by atoms with Crippen molar-refractivity contribution in [2.75, 3.05) is 18.5 Å². The van der Waals surface area contributed by atoms with Crippen LogP contribution >= 0.6 is 0 Å². The molecule has 1 N–H and O–H groups in total. The highest BCUT2D eigenvalue weighted by atomic mass is 19.1. The summed E-state index contributed by atoms with van der Waals surface area (Å²) >= 11 is 0. The summed E-state index contributed by atoms with van der Waals surface area (Å²) in [4.78, 5) is 26.2. The zero-order valence-electron chi connectivity index (χ0n) is 14.2. The van der Waals surface area contributed by atoms with E-state index in [1.807, 2.05) is 24.3 Å². The summed E-state index contributed by atoms with van der Waals surface area (Å²) in [5.41, 5.74) is 2.83. The Morgan fingerprint density at radius 1 is 1.16 bits per heavy atom. The van der Waals surface area contributed by atoms with E-state index in [4.69, 9.17) is 0 Å². The van der Waals surface area contributed by atoms with Crippen LogP contribution < -0.4 is 10.2 Å². The second-order valence-electron chi connectivity index (χ2n) is 6.29. The van der Waals surface area contributed by atoms with Gasteiger partial charge in [0.1, 0.15) is 5.82 Å². The maximum Gasteiger partial charge on any atom is 0.234 e. The Hall–Kier alpha value is -2.69. The highest BCUT2D eigenvalue weighted by Gasteiger charge is 2.35. The average Bonchev–Trinajstić information content (AvgIpc) is 2.86. The van der Waals surface area contributed by atoms with Gasteiger partial charge in [0.25, 0.3) is 0 Å². The van der Waals surface area contributed by atoms with Crippen LogP contribution in [-0.4, -0.2) is 25.4 Å². The number of nitrogens with one attached hydrogen (secondary N) is 1. The van der Waals surface area contributed by atoms with Crippen LogP contribution in [0.3, 0.4) is 0 Å². The van der Waals surface area contributed by atoms with E-state index in [9.17, 15) is 14.0 Å². The van der Waals surface area contributed by atoms with Crippen molar-refractivity contribution in [1.82, 2.24) is 5.32 Å². The summed E-state index contributed by atoms with van der Waals surface area (Å²) < 4.78 is 12.9. The number of hydrogen-bond acceptors (Lipinski definition) is 2. The fourth-order valence-corrected chi connectivity index (χ4v) is 3.20. The number of halogens is 1. The quantitative estimate of drug-likeness (QED) is 0.822. The summed E-state index contributed by atoms with van der Waals surface area (Å²) in [6, 6.07) is 14.0. The molecule has 1 heterocycles. The molecule has 4 nitrogen and oxygen atoms in total. The SMILES string of the molecule is CN1C(=O)[C@@H](CC(=O)NCCCc2ccc(F)cc2)c2ccccc21. The number of rotatable bonds is 6. The molecule has 1 aliphatic rings. The first-order valence-corrected chi connectivity index (χ1v) is 8.44. The summed E-state index contributed by atoms with van der Waals surface area (Å²) in [6.07, 6.45) is 1.71. The topological polar surface area (TPSA) is 49.4 Å². The monoisotopic (exact) mass is 340 g/mol. The molecule has 130 valence electrons. The van der Waals surface area contributed by atoms with Gasteiger partial charge in [-0.05, 0) is 42.2 Å². The number of benzene rings is 2. The molecule has 0 spiro atoms. The molecule has 2 aromatic carbocycles. The highest BCUT2D eigenvalue weighted by molar-refractivity contribution is 6.06. The Morgan fingerprint density at radius 3 is 2.64 bits per heavy atom. The molecular formula is C20H21FN2O2. The van der Waals surface area contributed by atoms with Gasteiger partial charge in [-0.15, -0.1) is 0 Å². The van der Waals surface area contributed by atoms with Crippen molar-refractivity contribution in [3.8, 4) is 0 Å². The molecule has 5 heteroatoms. The van der Waals surface area contributed by atoms with E-state index in [0.717, 1.165) is 29.7 Å². The Labute approximate surface area is 146 Å². The lowest BCUT2D eigenvalue weighted by atomic mass is 9.97. The minimum absolute atomic E-state index is 0.0392. The fourth-order valence-electron chi connectivity index (χ4n) is 3.20. The predicted octanol–water partition coefficient (Wildman–Crippen LogP) is 3.02. The van der Waals surface area contributed by atoms with Crippen molar-refractivity contribution in [2.45, 2.75) is 25.2 Å². The van der Waals surface area contributed by atoms with Crippen molar-refractivity contribution >= 4 is 17.5 Å². The molecule has 0 radical (unpaired) electrons. The standard InChI is InChI=1S/C20H21FN2O2/c1-23-18-7-3-2-6-16(18)17(20(23)25)13-19(24)22-12-4-5-14-8-10-15(21)11-9-14/h2-3,6-11,17H,4-5,12-13H2,1H3,(H,22,24)/t17-/m0/s1. The molecule has 0 aliphatic carbocycles. The average molecular weight is 340 g/mol. The van der Waals surface area contributed by atoms with Crippen LogP contribution in [0.2, 0.25) is 0 Å². The molecule has 0 aromatic heterocycles. The van der Waals surface area contributed by atoms with E-state index in [-0.39, 0.29) is 24.1 Å². The number of hydrogen-bond donors (Lipinski definition) is 1.